The van der Waals surface area contributed by atoms with E-state index in [4.69, 9.17) is 0 Å². The molecule has 0 fully saturated rings. The lowest BCUT2D eigenvalue weighted by Crippen LogP contribution is -2.36. The van der Waals surface area contributed by atoms with E-state index in [0.717, 1.165) is 22.4 Å². The van der Waals surface area contributed by atoms with Crippen LogP contribution in [0.5, 0.6) is 0 Å². The number of pyridine rings is 1. The molecule has 0 atom stereocenters. The molecule has 1 heterocycles. The fourth-order valence-electron chi connectivity index (χ4n) is 2.91. The van der Waals surface area contributed by atoms with Crippen molar-refractivity contribution in [3.05, 3.63) is 94.8 Å². The summed E-state index contributed by atoms with van der Waals surface area (Å²) in [6.45, 7) is 6.35. The summed E-state index contributed by atoms with van der Waals surface area (Å²) in [7, 11) is 0. The molecule has 164 valence electrons. The number of aliphatic imine (C=N–C) groups is 1. The number of benzene rings is 2. The summed E-state index contributed by atoms with van der Waals surface area (Å²) in [6.07, 6.45) is 3.45. The molecule has 0 radical (unpaired) electrons. The van der Waals surface area contributed by atoms with Crippen LogP contribution in [0.3, 0.4) is 0 Å². The average molecular weight is 430 g/mol. The van der Waals surface area contributed by atoms with Crippen LogP contribution in [-0.4, -0.2) is 22.8 Å². The van der Waals surface area contributed by atoms with Gasteiger partial charge in [0.1, 0.15) is 0 Å². The van der Waals surface area contributed by atoms with Gasteiger partial charge in [-0.2, -0.15) is 0 Å². The van der Waals surface area contributed by atoms with Gasteiger partial charge < -0.3 is 10.6 Å². The van der Waals surface area contributed by atoms with Gasteiger partial charge in [-0.3, -0.25) is 19.9 Å². The van der Waals surface area contributed by atoms with Crippen molar-refractivity contribution in [1.82, 2.24) is 15.6 Å². The maximum atomic E-state index is 12.8. The van der Waals surface area contributed by atoms with Crippen molar-refractivity contribution in [2.75, 3.05) is 5.32 Å². The predicted molar refractivity (Wildman–Crippen MR) is 126 cm³/mol. The Bertz CT molecular complexity index is 1110. The Hall–Kier alpha value is -4.00. The van der Waals surface area contributed by atoms with Gasteiger partial charge in [0.05, 0.1) is 6.54 Å². The van der Waals surface area contributed by atoms with Crippen molar-refractivity contribution in [2.24, 2.45) is 4.99 Å². The van der Waals surface area contributed by atoms with Gasteiger partial charge in [0.15, 0.2) is 0 Å². The van der Waals surface area contributed by atoms with E-state index in [-0.39, 0.29) is 11.8 Å². The van der Waals surface area contributed by atoms with Crippen LogP contribution in [0.4, 0.5) is 5.69 Å². The molecule has 3 aromatic rings. The maximum Gasteiger partial charge on any atom is 0.257 e. The summed E-state index contributed by atoms with van der Waals surface area (Å²) < 4.78 is 0. The highest BCUT2D eigenvalue weighted by Crippen LogP contribution is 2.14. The number of carbonyl (C=O) groups is 2. The van der Waals surface area contributed by atoms with Gasteiger partial charge in [0.2, 0.25) is 11.9 Å². The molecule has 0 bridgehead atoms. The molecule has 7 heteroatoms. The van der Waals surface area contributed by atoms with Gasteiger partial charge >= 0.3 is 0 Å². The van der Waals surface area contributed by atoms with Crippen LogP contribution in [0.25, 0.3) is 0 Å². The second kappa shape index (κ2) is 10.9. The monoisotopic (exact) mass is 429 g/mol. The van der Waals surface area contributed by atoms with Crippen molar-refractivity contribution >= 4 is 23.5 Å². The number of amides is 2. The normalized spacial score (nSPS) is 11.0. The third-order valence-electron chi connectivity index (χ3n) is 4.90. The largest absolute Gasteiger partial charge is 0.352 e. The first-order chi connectivity index (χ1) is 15.4. The number of carbonyl (C=O) groups excluding carboxylic acids is 2. The number of aromatic nitrogens is 1. The zero-order valence-electron chi connectivity index (χ0n) is 18.5. The highest BCUT2D eigenvalue weighted by atomic mass is 16.2. The molecule has 2 amide bonds. The lowest BCUT2D eigenvalue weighted by atomic mass is 10.1. The molecule has 3 rings (SSSR count). The highest BCUT2D eigenvalue weighted by Gasteiger charge is 2.10. The summed E-state index contributed by atoms with van der Waals surface area (Å²) in [5, 5.41) is 8.81. The second-order valence-corrected chi connectivity index (χ2v) is 7.51. The average Bonchev–Trinajstić information content (AvgIpc) is 2.79. The maximum absolute atomic E-state index is 12.8. The van der Waals surface area contributed by atoms with E-state index in [1.807, 2.05) is 56.3 Å². The molecule has 0 aliphatic heterocycles. The minimum atomic E-state index is -0.280. The van der Waals surface area contributed by atoms with Crippen molar-refractivity contribution in [1.29, 1.82) is 0 Å². The van der Waals surface area contributed by atoms with Gasteiger partial charge in [-0.1, -0.05) is 24.3 Å². The first-order valence-electron chi connectivity index (χ1n) is 10.3. The molecule has 0 unspecified atom stereocenters. The summed E-state index contributed by atoms with van der Waals surface area (Å²) in [4.78, 5) is 32.6. The van der Waals surface area contributed by atoms with E-state index in [2.05, 4.69) is 25.9 Å². The third kappa shape index (κ3) is 6.77. The molecule has 3 N–H and O–H groups in total. The molecule has 1 aromatic heterocycles. The fourth-order valence-corrected chi connectivity index (χ4v) is 2.91. The van der Waals surface area contributed by atoms with Gasteiger partial charge in [-0.15, -0.1) is 0 Å². The van der Waals surface area contributed by atoms with E-state index in [1.54, 1.807) is 24.5 Å². The SMILES string of the molecule is CC(=O)NCc1ccc(C(=O)NC(=NCc2cccnc2)Nc2ccc(C)c(C)c2)cc1. The second-order valence-electron chi connectivity index (χ2n) is 7.51. The number of hydrogen-bond donors (Lipinski definition) is 3. The van der Waals surface area contributed by atoms with E-state index >= 15 is 0 Å². The number of hydrogen-bond acceptors (Lipinski definition) is 4. The minimum Gasteiger partial charge on any atom is -0.352 e. The van der Waals surface area contributed by atoms with E-state index in [9.17, 15) is 9.59 Å². The zero-order chi connectivity index (χ0) is 22.9. The van der Waals surface area contributed by atoms with Crippen molar-refractivity contribution < 1.29 is 9.59 Å². The van der Waals surface area contributed by atoms with Crippen LogP contribution in [0.1, 0.15) is 39.5 Å². The number of aryl methyl sites for hydroxylation is 2. The number of nitrogens with zero attached hydrogens (tertiary/aromatic N) is 2. The smallest absolute Gasteiger partial charge is 0.257 e. The number of anilines is 1. The molecule has 0 saturated carbocycles. The van der Waals surface area contributed by atoms with Crippen molar-refractivity contribution in [2.45, 2.75) is 33.9 Å². The van der Waals surface area contributed by atoms with Gasteiger partial charge in [-0.05, 0) is 66.4 Å². The van der Waals surface area contributed by atoms with Crippen LogP contribution in [0.15, 0.2) is 72.0 Å². The van der Waals surface area contributed by atoms with Crippen LogP contribution in [0.2, 0.25) is 0 Å². The van der Waals surface area contributed by atoms with Gasteiger partial charge in [0.25, 0.3) is 5.91 Å². The summed E-state index contributed by atoms with van der Waals surface area (Å²) >= 11 is 0. The van der Waals surface area contributed by atoms with Gasteiger partial charge in [0, 0.05) is 37.1 Å². The minimum absolute atomic E-state index is 0.0984. The molecule has 7 nitrogen and oxygen atoms in total. The first-order valence-corrected chi connectivity index (χ1v) is 10.3. The quantitative estimate of drug-likeness (QED) is 0.411. The fraction of sp³-hybridized carbons (Fsp3) is 0.200. The summed E-state index contributed by atoms with van der Waals surface area (Å²) in [5.41, 5.74) is 5.51. The van der Waals surface area contributed by atoms with Crippen LogP contribution < -0.4 is 16.0 Å². The number of nitrogens with one attached hydrogen (secondary N) is 3. The van der Waals surface area contributed by atoms with Gasteiger partial charge in [-0.25, -0.2) is 4.99 Å². The highest BCUT2D eigenvalue weighted by molar-refractivity contribution is 6.10. The Labute approximate surface area is 188 Å². The molecule has 2 aromatic carbocycles. The van der Waals surface area contributed by atoms with Crippen LogP contribution in [-0.2, 0) is 17.9 Å². The van der Waals surface area contributed by atoms with E-state index in [1.165, 1.54) is 12.5 Å². The Morgan fingerprint density at radius 2 is 1.75 bits per heavy atom. The summed E-state index contributed by atoms with van der Waals surface area (Å²) in [5.74, 6) is -0.0273. The molecular weight excluding hydrogens is 402 g/mol. The Kier molecular flexibility index (Phi) is 7.70. The molecule has 0 saturated heterocycles. The van der Waals surface area contributed by atoms with Crippen LogP contribution >= 0.6 is 0 Å². The van der Waals surface area contributed by atoms with E-state index < -0.39 is 0 Å². The van der Waals surface area contributed by atoms with Crippen molar-refractivity contribution in [3.63, 3.8) is 0 Å². The first kappa shape index (κ1) is 22.7. The Balaban J connectivity index is 1.75. The molecule has 0 spiro atoms. The standard InChI is InChI=1S/C25H27N5O2/c1-17-6-11-23(13-18(17)2)29-25(28-16-21-5-4-12-26-14-21)30-24(32)22-9-7-20(8-10-22)15-27-19(3)31/h4-14H,15-16H2,1-3H3,(H,27,31)(H2,28,29,30,32). The van der Waals surface area contributed by atoms with Crippen LogP contribution in [0, 0.1) is 13.8 Å². The molecular formula is C25H27N5O2. The third-order valence-corrected chi connectivity index (χ3v) is 4.90. The lowest BCUT2D eigenvalue weighted by Gasteiger charge is -2.13. The van der Waals surface area contributed by atoms with Crippen molar-refractivity contribution in [3.8, 4) is 0 Å². The molecule has 0 aliphatic carbocycles. The number of rotatable bonds is 6. The summed E-state index contributed by atoms with van der Waals surface area (Å²) in [6, 6.07) is 16.8. The topological polar surface area (TPSA) is 95.5 Å². The predicted octanol–water partition coefficient (Wildman–Crippen LogP) is 3.73. The molecule has 32 heavy (non-hydrogen) atoms. The Morgan fingerprint density at radius 3 is 2.41 bits per heavy atom. The van der Waals surface area contributed by atoms with E-state index in [0.29, 0.717) is 24.6 Å². The molecule has 0 aliphatic rings. The number of guanidine groups is 1. The lowest BCUT2D eigenvalue weighted by molar-refractivity contribution is -0.119. The zero-order valence-corrected chi connectivity index (χ0v) is 18.5. The Morgan fingerprint density at radius 1 is 0.969 bits per heavy atom.